The predicted octanol–water partition coefficient (Wildman–Crippen LogP) is 2.19. The van der Waals surface area contributed by atoms with Gasteiger partial charge in [-0.1, -0.05) is 17.4 Å². The molecule has 100 valence electrons. The topological polar surface area (TPSA) is 71.2 Å². The summed E-state index contributed by atoms with van der Waals surface area (Å²) >= 11 is 1.28. The van der Waals surface area contributed by atoms with Crippen molar-refractivity contribution < 1.29 is 4.79 Å². The summed E-state index contributed by atoms with van der Waals surface area (Å²) in [5.41, 5.74) is 5.67. The molecule has 1 amide bonds. The van der Waals surface area contributed by atoms with Crippen LogP contribution in [0.2, 0.25) is 0 Å². The normalized spacial score (nSPS) is 11.1. The standard InChI is InChI=1S/C12H20N4OS/c1-6-7-16(5)10(17)8-9(13)14-11(18-8)15-12(2,3)4/h6H,1,7,13H2,2-5H3,(H,14,15). The Morgan fingerprint density at radius 1 is 1.61 bits per heavy atom. The zero-order chi connectivity index (χ0) is 13.9. The molecule has 5 nitrogen and oxygen atoms in total. The smallest absolute Gasteiger partial charge is 0.267 e. The van der Waals surface area contributed by atoms with Crippen LogP contribution in [-0.2, 0) is 0 Å². The summed E-state index contributed by atoms with van der Waals surface area (Å²) in [5, 5.41) is 3.87. The van der Waals surface area contributed by atoms with E-state index in [0.29, 0.717) is 16.6 Å². The van der Waals surface area contributed by atoms with Gasteiger partial charge in [0.2, 0.25) is 0 Å². The zero-order valence-electron chi connectivity index (χ0n) is 11.3. The van der Waals surface area contributed by atoms with Gasteiger partial charge in [-0.15, -0.1) is 6.58 Å². The van der Waals surface area contributed by atoms with E-state index in [0.717, 1.165) is 0 Å². The minimum atomic E-state index is -0.133. The molecule has 0 saturated carbocycles. The van der Waals surface area contributed by atoms with Crippen molar-refractivity contribution in [3.63, 3.8) is 0 Å². The summed E-state index contributed by atoms with van der Waals surface area (Å²) in [6.07, 6.45) is 1.67. The third-order valence-electron chi connectivity index (χ3n) is 2.08. The van der Waals surface area contributed by atoms with Gasteiger partial charge in [-0.3, -0.25) is 4.79 Å². The number of thiazole rings is 1. The van der Waals surface area contributed by atoms with Gasteiger partial charge in [-0.05, 0) is 20.8 Å². The van der Waals surface area contributed by atoms with Crippen LogP contribution in [0.15, 0.2) is 12.7 Å². The van der Waals surface area contributed by atoms with Crippen LogP contribution < -0.4 is 11.1 Å². The number of carbonyl (C=O) groups excluding carboxylic acids is 1. The second-order valence-electron chi connectivity index (χ2n) is 5.08. The number of amides is 1. The SMILES string of the molecule is C=CCN(C)C(=O)c1sc(NC(C)(C)C)nc1N. The van der Waals surface area contributed by atoms with Crippen LogP contribution in [0.25, 0.3) is 0 Å². The summed E-state index contributed by atoms with van der Waals surface area (Å²) in [7, 11) is 1.71. The van der Waals surface area contributed by atoms with Crippen LogP contribution >= 0.6 is 11.3 Å². The summed E-state index contributed by atoms with van der Waals surface area (Å²) in [6, 6.07) is 0. The van der Waals surface area contributed by atoms with Crippen LogP contribution in [0, 0.1) is 0 Å². The maximum Gasteiger partial charge on any atom is 0.267 e. The van der Waals surface area contributed by atoms with Crippen LogP contribution in [0.3, 0.4) is 0 Å². The molecule has 1 rings (SSSR count). The Hall–Kier alpha value is -1.56. The summed E-state index contributed by atoms with van der Waals surface area (Å²) in [6.45, 7) is 10.2. The monoisotopic (exact) mass is 268 g/mol. The largest absolute Gasteiger partial charge is 0.382 e. The van der Waals surface area contributed by atoms with E-state index in [-0.39, 0.29) is 17.3 Å². The summed E-state index contributed by atoms with van der Waals surface area (Å²) < 4.78 is 0. The number of aromatic nitrogens is 1. The molecule has 1 aromatic rings. The minimum absolute atomic E-state index is 0.113. The van der Waals surface area contributed by atoms with Gasteiger partial charge in [0.1, 0.15) is 10.7 Å². The highest BCUT2D eigenvalue weighted by molar-refractivity contribution is 7.18. The molecule has 0 bridgehead atoms. The van der Waals surface area contributed by atoms with Gasteiger partial charge in [-0.25, -0.2) is 4.98 Å². The molecule has 1 heterocycles. The number of nitrogens with zero attached hydrogens (tertiary/aromatic N) is 2. The van der Waals surface area contributed by atoms with Crippen LogP contribution in [0.5, 0.6) is 0 Å². The average Bonchev–Trinajstić information content (AvgIpc) is 2.55. The molecule has 0 unspecified atom stereocenters. The molecule has 0 spiro atoms. The molecule has 0 aliphatic rings. The van der Waals surface area contributed by atoms with Gasteiger partial charge in [0.25, 0.3) is 5.91 Å². The maximum absolute atomic E-state index is 12.1. The van der Waals surface area contributed by atoms with E-state index in [9.17, 15) is 4.79 Å². The fourth-order valence-corrected chi connectivity index (χ4v) is 2.40. The minimum Gasteiger partial charge on any atom is -0.382 e. The molecular weight excluding hydrogens is 248 g/mol. The molecule has 6 heteroatoms. The van der Waals surface area contributed by atoms with Gasteiger partial charge >= 0.3 is 0 Å². The third-order valence-corrected chi connectivity index (χ3v) is 3.05. The number of nitrogens with two attached hydrogens (primary N) is 1. The first-order chi connectivity index (χ1) is 8.24. The number of nitrogens with one attached hydrogen (secondary N) is 1. The van der Waals surface area contributed by atoms with Crippen molar-refractivity contribution in [1.82, 2.24) is 9.88 Å². The van der Waals surface area contributed by atoms with Crippen molar-refractivity contribution in [3.8, 4) is 0 Å². The van der Waals surface area contributed by atoms with E-state index in [2.05, 4.69) is 16.9 Å². The lowest BCUT2D eigenvalue weighted by atomic mass is 10.1. The molecule has 0 aliphatic heterocycles. The highest BCUT2D eigenvalue weighted by atomic mass is 32.1. The number of hydrogen-bond donors (Lipinski definition) is 2. The average molecular weight is 268 g/mol. The zero-order valence-corrected chi connectivity index (χ0v) is 12.1. The van der Waals surface area contributed by atoms with Crippen molar-refractivity contribution in [2.45, 2.75) is 26.3 Å². The Morgan fingerprint density at radius 2 is 2.22 bits per heavy atom. The number of anilines is 2. The van der Waals surface area contributed by atoms with Crippen molar-refractivity contribution >= 4 is 28.2 Å². The van der Waals surface area contributed by atoms with E-state index < -0.39 is 0 Å². The Kier molecular flexibility index (Phi) is 4.34. The first-order valence-electron chi connectivity index (χ1n) is 5.65. The maximum atomic E-state index is 12.1. The number of nitrogen functional groups attached to an aromatic ring is 1. The number of carbonyl (C=O) groups is 1. The second-order valence-corrected chi connectivity index (χ2v) is 6.08. The van der Waals surface area contributed by atoms with Crippen molar-refractivity contribution in [2.24, 2.45) is 0 Å². The molecule has 18 heavy (non-hydrogen) atoms. The molecular formula is C12H20N4OS. The first kappa shape index (κ1) is 14.5. The van der Waals surface area contributed by atoms with E-state index in [1.54, 1.807) is 18.0 Å². The Balaban J connectivity index is 2.91. The quantitative estimate of drug-likeness (QED) is 0.821. The molecule has 0 radical (unpaired) electrons. The first-order valence-corrected chi connectivity index (χ1v) is 6.47. The third kappa shape index (κ3) is 3.73. The van der Waals surface area contributed by atoms with Crippen molar-refractivity contribution in [2.75, 3.05) is 24.6 Å². The second kappa shape index (κ2) is 5.39. The number of rotatable bonds is 4. The summed E-state index contributed by atoms with van der Waals surface area (Å²) in [5.74, 6) is 0.138. The van der Waals surface area contributed by atoms with E-state index in [1.165, 1.54) is 11.3 Å². The Morgan fingerprint density at radius 3 is 2.72 bits per heavy atom. The number of hydrogen-bond acceptors (Lipinski definition) is 5. The number of likely N-dealkylation sites (N-methyl/N-ethyl adjacent to an activating group) is 1. The van der Waals surface area contributed by atoms with Crippen LogP contribution in [-0.4, -0.2) is 34.9 Å². The summed E-state index contributed by atoms with van der Waals surface area (Å²) in [4.78, 5) is 18.3. The van der Waals surface area contributed by atoms with Crippen LogP contribution in [0.1, 0.15) is 30.4 Å². The molecule has 1 aromatic heterocycles. The highest BCUT2D eigenvalue weighted by Crippen LogP contribution is 2.28. The molecule has 0 fully saturated rings. The Labute approximate surface area is 112 Å². The van der Waals surface area contributed by atoms with Gasteiger partial charge in [-0.2, -0.15) is 0 Å². The van der Waals surface area contributed by atoms with E-state index in [1.807, 2.05) is 20.8 Å². The fraction of sp³-hybridized carbons (Fsp3) is 0.500. The van der Waals surface area contributed by atoms with Gasteiger partial charge in [0, 0.05) is 19.1 Å². The molecule has 0 saturated heterocycles. The molecule has 3 N–H and O–H groups in total. The van der Waals surface area contributed by atoms with E-state index >= 15 is 0 Å². The Bertz CT molecular complexity index is 447. The molecule has 0 aromatic carbocycles. The predicted molar refractivity (Wildman–Crippen MR) is 77.1 cm³/mol. The molecule has 0 aliphatic carbocycles. The van der Waals surface area contributed by atoms with Gasteiger partial charge in [0.05, 0.1) is 0 Å². The van der Waals surface area contributed by atoms with Crippen LogP contribution in [0.4, 0.5) is 10.9 Å². The van der Waals surface area contributed by atoms with Gasteiger partial charge < -0.3 is 16.0 Å². The lowest BCUT2D eigenvalue weighted by Gasteiger charge is -2.19. The van der Waals surface area contributed by atoms with Crippen molar-refractivity contribution in [3.05, 3.63) is 17.5 Å². The fourth-order valence-electron chi connectivity index (χ4n) is 1.31. The van der Waals surface area contributed by atoms with Gasteiger partial charge in [0.15, 0.2) is 5.13 Å². The van der Waals surface area contributed by atoms with Crippen molar-refractivity contribution in [1.29, 1.82) is 0 Å². The highest BCUT2D eigenvalue weighted by Gasteiger charge is 2.21. The lowest BCUT2D eigenvalue weighted by Crippen LogP contribution is -2.26. The lowest BCUT2D eigenvalue weighted by molar-refractivity contribution is 0.0815. The molecule has 0 atom stereocenters. The van der Waals surface area contributed by atoms with E-state index in [4.69, 9.17) is 5.73 Å².